The molecule has 2 aromatic rings. The first-order chi connectivity index (χ1) is 15.4. The van der Waals surface area contributed by atoms with Crippen LogP contribution in [0.1, 0.15) is 67.6 Å². The minimum atomic E-state index is -0.587. The van der Waals surface area contributed by atoms with Crippen LogP contribution in [0, 0.1) is 0 Å². The minimum absolute atomic E-state index is 0.158. The Morgan fingerprint density at radius 1 is 1.25 bits per heavy atom. The van der Waals surface area contributed by atoms with Crippen LogP contribution in [0.5, 0.6) is 0 Å². The van der Waals surface area contributed by atoms with Crippen LogP contribution in [0.3, 0.4) is 0 Å². The summed E-state index contributed by atoms with van der Waals surface area (Å²) in [6, 6.07) is 2.56. The molecule has 2 aliphatic heterocycles. The van der Waals surface area contributed by atoms with E-state index in [0.717, 1.165) is 67.6 Å². The Morgan fingerprint density at radius 3 is 2.72 bits per heavy atom. The quantitative estimate of drug-likeness (QED) is 0.614. The number of aromatic nitrogens is 2. The lowest BCUT2D eigenvalue weighted by Crippen LogP contribution is -2.50. The first kappa shape index (κ1) is 22.5. The van der Waals surface area contributed by atoms with Crippen LogP contribution in [0.2, 0.25) is 4.34 Å². The Balaban J connectivity index is 1.20. The molecule has 5 rings (SSSR count). The molecule has 2 fully saturated rings. The Labute approximate surface area is 197 Å². The lowest BCUT2D eigenvalue weighted by Gasteiger charge is -2.47. The molecule has 0 amide bonds. The maximum absolute atomic E-state index is 10.3. The summed E-state index contributed by atoms with van der Waals surface area (Å²) >= 11 is 7.83. The van der Waals surface area contributed by atoms with Crippen LogP contribution in [0.15, 0.2) is 18.5 Å². The van der Waals surface area contributed by atoms with Gasteiger partial charge in [0.2, 0.25) is 5.95 Å². The van der Waals surface area contributed by atoms with E-state index < -0.39 is 6.10 Å². The largest absolute Gasteiger partial charge is 0.393 e. The number of ether oxygens (including phenoxy) is 1. The summed E-state index contributed by atoms with van der Waals surface area (Å²) < 4.78 is 6.96. The SMILES string of the molecule is C[C@H]1C[C@@]2(CCN1Cc1cnc(N[C@H]3CC[C@H](O)CC3)nc1)OCC(O)c1cc(Cl)sc12. The summed E-state index contributed by atoms with van der Waals surface area (Å²) in [5.41, 5.74) is 1.69. The van der Waals surface area contributed by atoms with Crippen LogP contribution in [-0.2, 0) is 16.9 Å². The fourth-order valence-corrected chi connectivity index (χ4v) is 6.82. The lowest BCUT2D eigenvalue weighted by molar-refractivity contribution is -0.139. The van der Waals surface area contributed by atoms with Gasteiger partial charge in [0.25, 0.3) is 0 Å². The number of hydrogen-bond acceptors (Lipinski definition) is 8. The summed E-state index contributed by atoms with van der Waals surface area (Å²) in [4.78, 5) is 12.6. The van der Waals surface area contributed by atoms with Gasteiger partial charge in [0.15, 0.2) is 0 Å². The Bertz CT molecular complexity index is 934. The van der Waals surface area contributed by atoms with Crippen molar-refractivity contribution in [2.75, 3.05) is 18.5 Å². The van der Waals surface area contributed by atoms with E-state index in [1.807, 2.05) is 18.5 Å². The van der Waals surface area contributed by atoms with Crippen molar-refractivity contribution >= 4 is 28.9 Å². The molecule has 1 saturated carbocycles. The van der Waals surface area contributed by atoms with Crippen molar-refractivity contribution < 1.29 is 14.9 Å². The first-order valence-electron chi connectivity index (χ1n) is 11.5. The number of piperidine rings is 1. The topological polar surface area (TPSA) is 90.7 Å². The molecular weight excluding hydrogens is 448 g/mol. The van der Waals surface area contributed by atoms with Crippen molar-refractivity contribution in [2.24, 2.45) is 0 Å². The molecule has 2 aromatic heterocycles. The second-order valence-corrected chi connectivity index (χ2v) is 11.2. The second kappa shape index (κ2) is 9.16. The van der Waals surface area contributed by atoms with Crippen molar-refractivity contribution in [3.05, 3.63) is 38.8 Å². The average molecular weight is 479 g/mol. The van der Waals surface area contributed by atoms with Crippen molar-refractivity contribution in [3.63, 3.8) is 0 Å². The van der Waals surface area contributed by atoms with Crippen LogP contribution in [0.25, 0.3) is 0 Å². The molecule has 174 valence electrons. The number of halogens is 1. The summed E-state index contributed by atoms with van der Waals surface area (Å²) in [5, 5.41) is 23.4. The van der Waals surface area contributed by atoms with Crippen molar-refractivity contribution in [1.29, 1.82) is 0 Å². The van der Waals surface area contributed by atoms with E-state index in [-0.39, 0.29) is 11.7 Å². The third-order valence-corrected chi connectivity index (χ3v) is 8.66. The number of likely N-dealkylation sites (tertiary alicyclic amines) is 1. The molecule has 32 heavy (non-hydrogen) atoms. The fraction of sp³-hybridized carbons (Fsp3) is 0.652. The van der Waals surface area contributed by atoms with Gasteiger partial charge in [-0.15, -0.1) is 11.3 Å². The molecule has 1 spiro atoms. The number of nitrogens with one attached hydrogen (secondary N) is 1. The average Bonchev–Trinajstić information content (AvgIpc) is 3.19. The van der Waals surface area contributed by atoms with E-state index in [4.69, 9.17) is 16.3 Å². The molecule has 0 radical (unpaired) electrons. The summed E-state index contributed by atoms with van der Waals surface area (Å²) in [6.45, 7) is 4.26. The van der Waals surface area contributed by atoms with Gasteiger partial charge >= 0.3 is 0 Å². The maximum atomic E-state index is 10.3. The van der Waals surface area contributed by atoms with Gasteiger partial charge in [-0.3, -0.25) is 4.90 Å². The smallest absolute Gasteiger partial charge is 0.222 e. The number of fused-ring (bicyclic) bond motifs is 2. The molecule has 1 unspecified atom stereocenters. The minimum Gasteiger partial charge on any atom is -0.393 e. The molecule has 7 nitrogen and oxygen atoms in total. The van der Waals surface area contributed by atoms with Crippen molar-refractivity contribution in [3.8, 4) is 0 Å². The maximum Gasteiger partial charge on any atom is 0.222 e. The molecule has 1 saturated heterocycles. The Hall–Kier alpha value is -1.29. The molecule has 3 aliphatic rings. The highest BCUT2D eigenvalue weighted by Crippen LogP contribution is 2.50. The number of rotatable bonds is 4. The van der Waals surface area contributed by atoms with Gasteiger partial charge in [-0.25, -0.2) is 9.97 Å². The molecular formula is C23H31ClN4O3S. The van der Waals surface area contributed by atoms with E-state index in [0.29, 0.717) is 29.0 Å². The molecule has 0 aromatic carbocycles. The zero-order chi connectivity index (χ0) is 22.3. The van der Waals surface area contributed by atoms with E-state index in [1.165, 1.54) is 0 Å². The molecule has 0 bridgehead atoms. The summed E-state index contributed by atoms with van der Waals surface area (Å²) in [6.07, 6.45) is 8.41. The summed E-state index contributed by atoms with van der Waals surface area (Å²) in [7, 11) is 0. The van der Waals surface area contributed by atoms with Crippen LogP contribution in [0.4, 0.5) is 5.95 Å². The number of hydrogen-bond donors (Lipinski definition) is 3. The zero-order valence-electron chi connectivity index (χ0n) is 18.3. The third-order valence-electron chi connectivity index (χ3n) is 7.19. The van der Waals surface area contributed by atoms with Gasteiger partial charge in [0.05, 0.1) is 17.0 Å². The third kappa shape index (κ3) is 4.54. The predicted molar refractivity (Wildman–Crippen MR) is 125 cm³/mol. The number of aliphatic hydroxyl groups is 2. The van der Waals surface area contributed by atoms with Gasteiger partial charge in [-0.2, -0.15) is 0 Å². The molecule has 4 heterocycles. The van der Waals surface area contributed by atoms with Gasteiger partial charge in [0, 0.05) is 53.6 Å². The standard InChI is InChI=1S/C23H31ClN4O3S/c1-14-9-23(21-18(8-20(24)32-21)19(30)13-31-23)6-7-28(14)12-15-10-25-22(26-11-15)27-16-2-4-17(29)5-3-16/h8,10-11,14,16-17,19,29-30H,2-7,9,12-13H2,1H3,(H,25,26,27)/t14-,16-,17-,19?,23+/m0/s1. The van der Waals surface area contributed by atoms with E-state index in [1.54, 1.807) is 11.3 Å². The van der Waals surface area contributed by atoms with E-state index in [9.17, 15) is 10.2 Å². The number of nitrogens with zero attached hydrogens (tertiary/aromatic N) is 3. The molecule has 9 heteroatoms. The number of anilines is 1. The van der Waals surface area contributed by atoms with Crippen molar-refractivity contribution in [2.45, 2.75) is 81.9 Å². The normalized spacial score (nSPS) is 33.2. The van der Waals surface area contributed by atoms with Gasteiger partial charge < -0.3 is 20.3 Å². The highest BCUT2D eigenvalue weighted by atomic mass is 35.5. The van der Waals surface area contributed by atoms with Crippen LogP contribution < -0.4 is 5.32 Å². The van der Waals surface area contributed by atoms with Gasteiger partial charge in [-0.05, 0) is 51.5 Å². The molecule has 1 aliphatic carbocycles. The highest BCUT2D eigenvalue weighted by molar-refractivity contribution is 7.16. The van der Waals surface area contributed by atoms with Crippen LogP contribution in [-0.4, -0.2) is 56.4 Å². The summed E-state index contributed by atoms with van der Waals surface area (Å²) in [5.74, 6) is 0.664. The predicted octanol–water partition coefficient (Wildman–Crippen LogP) is 3.85. The van der Waals surface area contributed by atoms with Gasteiger partial charge in [-0.1, -0.05) is 11.6 Å². The van der Waals surface area contributed by atoms with E-state index in [2.05, 4.69) is 27.1 Å². The molecule has 3 atom stereocenters. The Morgan fingerprint density at radius 2 is 2.00 bits per heavy atom. The highest BCUT2D eigenvalue weighted by Gasteiger charge is 2.46. The van der Waals surface area contributed by atoms with E-state index >= 15 is 0 Å². The first-order valence-corrected chi connectivity index (χ1v) is 12.7. The monoisotopic (exact) mass is 478 g/mol. The Kier molecular flexibility index (Phi) is 6.44. The lowest BCUT2D eigenvalue weighted by atomic mass is 9.81. The second-order valence-electron chi connectivity index (χ2n) is 9.49. The molecule has 3 N–H and O–H groups in total. The van der Waals surface area contributed by atoms with Gasteiger partial charge in [0.1, 0.15) is 11.7 Å². The van der Waals surface area contributed by atoms with Crippen molar-refractivity contribution in [1.82, 2.24) is 14.9 Å². The number of aliphatic hydroxyl groups excluding tert-OH is 2. The number of thiophene rings is 1. The van der Waals surface area contributed by atoms with Crippen LogP contribution >= 0.6 is 22.9 Å². The fourth-order valence-electron chi connectivity index (χ4n) is 5.34. The zero-order valence-corrected chi connectivity index (χ0v) is 19.9.